The summed E-state index contributed by atoms with van der Waals surface area (Å²) in [6, 6.07) is 6.06. The number of nitrogens with one attached hydrogen (secondary N) is 1. The molecule has 1 aromatic rings. The Balaban J connectivity index is 2.22. The number of esters is 2. The van der Waals surface area contributed by atoms with Crippen LogP contribution in [0.5, 0.6) is 5.75 Å². The van der Waals surface area contributed by atoms with E-state index in [1.54, 1.807) is 0 Å². The molecule has 242 valence electrons. The number of rotatable bonds is 20. The molecule has 0 amide bonds. The second kappa shape index (κ2) is 19.5. The predicted molar refractivity (Wildman–Crippen MR) is 176 cm³/mol. The lowest BCUT2D eigenvalue weighted by Crippen LogP contribution is -2.33. The van der Waals surface area contributed by atoms with Crippen molar-refractivity contribution in [2.24, 2.45) is 0 Å². The summed E-state index contributed by atoms with van der Waals surface area (Å²) in [5.74, 6) is -0.883. The van der Waals surface area contributed by atoms with Crippen LogP contribution in [0.1, 0.15) is 149 Å². The van der Waals surface area contributed by atoms with Gasteiger partial charge in [-0.1, -0.05) is 96.1 Å². The SMILES string of the molecule is CCCCCCCCCCCCCCCc1cccc(OC(C)C)c1C1C(C(=O)OC)=C(C)NC(C)=C1C(=O)OC(C)C. The zero-order valence-electron chi connectivity index (χ0n) is 28.4. The lowest BCUT2D eigenvalue weighted by Gasteiger charge is -2.33. The van der Waals surface area contributed by atoms with Gasteiger partial charge in [-0.2, -0.15) is 0 Å². The van der Waals surface area contributed by atoms with Gasteiger partial charge in [0.25, 0.3) is 0 Å². The Labute approximate surface area is 262 Å². The summed E-state index contributed by atoms with van der Waals surface area (Å²) in [7, 11) is 1.38. The highest BCUT2D eigenvalue weighted by molar-refractivity contribution is 6.00. The van der Waals surface area contributed by atoms with Crippen molar-refractivity contribution in [2.45, 2.75) is 156 Å². The van der Waals surface area contributed by atoms with Gasteiger partial charge in [0.15, 0.2) is 0 Å². The van der Waals surface area contributed by atoms with Crippen molar-refractivity contribution in [2.75, 3.05) is 7.11 Å². The summed E-state index contributed by atoms with van der Waals surface area (Å²) >= 11 is 0. The van der Waals surface area contributed by atoms with Crippen molar-refractivity contribution < 1.29 is 23.8 Å². The summed E-state index contributed by atoms with van der Waals surface area (Å²) in [6.45, 7) is 13.6. The molecule has 6 nitrogen and oxygen atoms in total. The maximum atomic E-state index is 13.6. The van der Waals surface area contributed by atoms with E-state index in [2.05, 4.69) is 18.3 Å². The monoisotopic (exact) mass is 597 g/mol. The van der Waals surface area contributed by atoms with E-state index in [4.69, 9.17) is 14.2 Å². The summed E-state index contributed by atoms with van der Waals surface area (Å²) in [6.07, 6.45) is 17.4. The molecule has 1 aliphatic heterocycles. The molecule has 2 rings (SSSR count). The van der Waals surface area contributed by atoms with Gasteiger partial charge < -0.3 is 19.5 Å². The lowest BCUT2D eigenvalue weighted by atomic mass is 9.77. The molecule has 1 heterocycles. The lowest BCUT2D eigenvalue weighted by molar-refractivity contribution is -0.143. The van der Waals surface area contributed by atoms with Gasteiger partial charge in [-0.05, 0) is 66.0 Å². The highest BCUT2D eigenvalue weighted by Crippen LogP contribution is 2.45. The minimum absolute atomic E-state index is 0.0742. The van der Waals surface area contributed by atoms with Gasteiger partial charge in [-0.3, -0.25) is 0 Å². The van der Waals surface area contributed by atoms with Crippen LogP contribution in [-0.2, 0) is 25.5 Å². The number of hydrogen-bond donors (Lipinski definition) is 1. The van der Waals surface area contributed by atoms with Crippen LogP contribution in [0.15, 0.2) is 40.7 Å². The van der Waals surface area contributed by atoms with Crippen molar-refractivity contribution in [3.05, 3.63) is 51.9 Å². The van der Waals surface area contributed by atoms with Gasteiger partial charge in [0.2, 0.25) is 0 Å². The fraction of sp³-hybridized carbons (Fsp3) is 0.676. The van der Waals surface area contributed by atoms with Crippen molar-refractivity contribution in [1.82, 2.24) is 5.32 Å². The molecule has 1 atom stereocenters. The van der Waals surface area contributed by atoms with Crippen LogP contribution in [0.4, 0.5) is 0 Å². The van der Waals surface area contributed by atoms with Crippen molar-refractivity contribution >= 4 is 11.9 Å². The molecular weight excluding hydrogens is 538 g/mol. The van der Waals surface area contributed by atoms with E-state index in [0.717, 1.165) is 30.4 Å². The van der Waals surface area contributed by atoms with Crippen LogP contribution in [0.3, 0.4) is 0 Å². The molecule has 0 bridgehead atoms. The molecule has 1 unspecified atom stereocenters. The van der Waals surface area contributed by atoms with Crippen molar-refractivity contribution in [3.8, 4) is 5.75 Å². The fourth-order valence-corrected chi connectivity index (χ4v) is 6.04. The highest BCUT2D eigenvalue weighted by Gasteiger charge is 2.40. The van der Waals surface area contributed by atoms with Crippen molar-refractivity contribution in [3.63, 3.8) is 0 Å². The Hall–Kier alpha value is -2.76. The number of carbonyl (C=O) groups is 2. The van der Waals surface area contributed by atoms with Gasteiger partial charge in [0.1, 0.15) is 5.75 Å². The topological polar surface area (TPSA) is 73.9 Å². The molecule has 0 aromatic heterocycles. The van der Waals surface area contributed by atoms with E-state index in [9.17, 15) is 9.59 Å². The number of methoxy groups -OCH3 is 1. The van der Waals surface area contributed by atoms with Gasteiger partial charge in [0, 0.05) is 17.0 Å². The molecule has 0 spiro atoms. The predicted octanol–water partition coefficient (Wildman–Crippen LogP) is 9.47. The van der Waals surface area contributed by atoms with Gasteiger partial charge in [-0.25, -0.2) is 9.59 Å². The third kappa shape index (κ3) is 11.7. The second-order valence-corrected chi connectivity index (χ2v) is 12.6. The van der Waals surface area contributed by atoms with Gasteiger partial charge in [0.05, 0.1) is 36.4 Å². The molecule has 6 heteroatoms. The Kier molecular flexibility index (Phi) is 16.5. The molecule has 0 saturated carbocycles. The van der Waals surface area contributed by atoms with Crippen LogP contribution >= 0.6 is 0 Å². The molecular formula is C37H59NO5. The minimum Gasteiger partial charge on any atom is -0.491 e. The first-order valence-electron chi connectivity index (χ1n) is 16.9. The molecule has 0 aliphatic carbocycles. The van der Waals surface area contributed by atoms with Crippen LogP contribution in [-0.4, -0.2) is 31.3 Å². The summed E-state index contributed by atoms with van der Waals surface area (Å²) in [5.41, 5.74) is 4.12. The number of benzene rings is 1. The van der Waals surface area contributed by atoms with E-state index in [0.29, 0.717) is 28.3 Å². The average molecular weight is 598 g/mol. The average Bonchev–Trinajstić information content (AvgIpc) is 2.94. The Bertz CT molecular complexity index is 1080. The summed E-state index contributed by atoms with van der Waals surface area (Å²) in [4.78, 5) is 26.8. The normalized spacial score (nSPS) is 15.3. The Morgan fingerprint density at radius 1 is 0.744 bits per heavy atom. The third-order valence-electron chi connectivity index (χ3n) is 8.09. The fourth-order valence-electron chi connectivity index (χ4n) is 6.04. The van der Waals surface area contributed by atoms with Crippen LogP contribution in [0, 0.1) is 0 Å². The van der Waals surface area contributed by atoms with E-state index >= 15 is 0 Å². The van der Waals surface area contributed by atoms with E-state index < -0.39 is 17.9 Å². The largest absolute Gasteiger partial charge is 0.491 e. The van der Waals surface area contributed by atoms with Gasteiger partial charge in [-0.15, -0.1) is 0 Å². The van der Waals surface area contributed by atoms with E-state index in [-0.39, 0.29) is 12.2 Å². The number of ether oxygens (including phenoxy) is 3. The first-order valence-corrected chi connectivity index (χ1v) is 16.9. The summed E-state index contributed by atoms with van der Waals surface area (Å²) in [5, 5.41) is 3.24. The van der Waals surface area contributed by atoms with Crippen LogP contribution < -0.4 is 10.1 Å². The third-order valence-corrected chi connectivity index (χ3v) is 8.09. The highest BCUT2D eigenvalue weighted by atomic mass is 16.5. The quantitative estimate of drug-likeness (QED) is 0.119. The molecule has 0 fully saturated rings. The molecule has 1 N–H and O–H groups in total. The maximum Gasteiger partial charge on any atom is 0.337 e. The number of hydrogen-bond acceptors (Lipinski definition) is 6. The smallest absolute Gasteiger partial charge is 0.337 e. The molecule has 0 saturated heterocycles. The molecule has 1 aromatic carbocycles. The number of aryl methyl sites for hydroxylation is 1. The van der Waals surface area contributed by atoms with Crippen LogP contribution in [0.25, 0.3) is 0 Å². The Morgan fingerprint density at radius 3 is 1.74 bits per heavy atom. The van der Waals surface area contributed by atoms with E-state index in [1.165, 1.54) is 77.7 Å². The molecule has 43 heavy (non-hydrogen) atoms. The zero-order chi connectivity index (χ0) is 31.8. The number of carbonyl (C=O) groups excluding carboxylic acids is 2. The first kappa shape index (κ1) is 36.4. The second-order valence-electron chi connectivity index (χ2n) is 12.6. The van der Waals surface area contributed by atoms with Crippen LogP contribution in [0.2, 0.25) is 0 Å². The summed E-state index contributed by atoms with van der Waals surface area (Å²) < 4.78 is 17.3. The standard InChI is InChI=1S/C37H59NO5/c1-9-10-11-12-13-14-15-16-17-18-19-20-21-23-30-24-22-25-31(42-26(2)3)34(30)35-32(36(39)41-8)28(6)38-29(7)33(35)37(40)43-27(4)5/h22,24-27,35,38H,9-21,23H2,1-8H3. The number of dihydropyridines is 1. The Morgan fingerprint density at radius 2 is 1.26 bits per heavy atom. The molecule has 1 aliphatic rings. The zero-order valence-corrected chi connectivity index (χ0v) is 28.4. The van der Waals surface area contributed by atoms with Crippen molar-refractivity contribution in [1.29, 1.82) is 0 Å². The number of unbranched alkanes of at least 4 members (excludes halogenated alkanes) is 12. The minimum atomic E-state index is -0.660. The number of allylic oxidation sites excluding steroid dienone is 2. The molecule has 0 radical (unpaired) electrons. The maximum absolute atomic E-state index is 13.6. The first-order chi connectivity index (χ1) is 20.6. The van der Waals surface area contributed by atoms with Gasteiger partial charge >= 0.3 is 11.9 Å². The van der Waals surface area contributed by atoms with E-state index in [1.807, 2.05) is 53.7 Å².